The molecular formula is C16H29NO2. The number of aliphatic hydroxyl groups is 1. The molecule has 5 atom stereocenters. The number of hydrogen-bond donors (Lipinski definition) is 1. The first-order valence-electron chi connectivity index (χ1n) is 8.17. The van der Waals surface area contributed by atoms with Gasteiger partial charge in [0, 0.05) is 12.6 Å². The van der Waals surface area contributed by atoms with Gasteiger partial charge in [0.1, 0.15) is 0 Å². The fourth-order valence-corrected chi connectivity index (χ4v) is 4.64. The van der Waals surface area contributed by atoms with Crippen molar-refractivity contribution in [3.63, 3.8) is 0 Å². The summed E-state index contributed by atoms with van der Waals surface area (Å²) in [5, 5.41) is 10.7. The summed E-state index contributed by atoms with van der Waals surface area (Å²) < 4.78 is 5.99. The zero-order valence-electron chi connectivity index (χ0n) is 12.4. The third-order valence-corrected chi connectivity index (χ3v) is 5.50. The molecule has 19 heavy (non-hydrogen) atoms. The Bertz CT molecular complexity index is 299. The van der Waals surface area contributed by atoms with Crippen LogP contribution in [0.2, 0.25) is 0 Å². The van der Waals surface area contributed by atoms with Crippen LogP contribution in [0.5, 0.6) is 0 Å². The summed E-state index contributed by atoms with van der Waals surface area (Å²) >= 11 is 0. The number of morpholine rings is 1. The molecule has 0 aromatic rings. The van der Waals surface area contributed by atoms with Crippen LogP contribution in [0, 0.1) is 17.8 Å². The van der Waals surface area contributed by atoms with Crippen LogP contribution in [0.1, 0.15) is 46.0 Å². The van der Waals surface area contributed by atoms with E-state index in [2.05, 4.69) is 18.7 Å². The SMILES string of the molecule is CC1CC(C)CC(C(O)C2CN3CCCC3CO2)C1. The van der Waals surface area contributed by atoms with Gasteiger partial charge in [0.15, 0.2) is 0 Å². The van der Waals surface area contributed by atoms with E-state index in [0.29, 0.717) is 12.0 Å². The highest BCUT2D eigenvalue weighted by Gasteiger charge is 2.39. The fourth-order valence-electron chi connectivity index (χ4n) is 4.64. The van der Waals surface area contributed by atoms with Crippen LogP contribution >= 0.6 is 0 Å². The monoisotopic (exact) mass is 267 g/mol. The summed E-state index contributed by atoms with van der Waals surface area (Å²) in [5.74, 6) is 1.96. The van der Waals surface area contributed by atoms with E-state index in [-0.39, 0.29) is 12.2 Å². The first-order chi connectivity index (χ1) is 9.13. The maximum absolute atomic E-state index is 10.7. The van der Waals surface area contributed by atoms with E-state index in [1.165, 1.54) is 38.6 Å². The van der Waals surface area contributed by atoms with E-state index in [1.807, 2.05) is 0 Å². The number of fused-ring (bicyclic) bond motifs is 1. The van der Waals surface area contributed by atoms with E-state index in [4.69, 9.17) is 4.74 Å². The normalized spacial score (nSPS) is 45.9. The minimum Gasteiger partial charge on any atom is -0.390 e. The van der Waals surface area contributed by atoms with Gasteiger partial charge in [0.2, 0.25) is 0 Å². The lowest BCUT2D eigenvalue weighted by Gasteiger charge is -2.42. The summed E-state index contributed by atoms with van der Waals surface area (Å²) in [6.07, 6.45) is 6.05. The molecule has 2 aliphatic heterocycles. The van der Waals surface area contributed by atoms with Crippen molar-refractivity contribution in [3.8, 4) is 0 Å². The van der Waals surface area contributed by atoms with Gasteiger partial charge in [-0.25, -0.2) is 0 Å². The summed E-state index contributed by atoms with van der Waals surface area (Å²) in [7, 11) is 0. The van der Waals surface area contributed by atoms with Crippen LogP contribution in [-0.2, 0) is 4.74 Å². The number of hydrogen-bond acceptors (Lipinski definition) is 3. The molecule has 3 heteroatoms. The molecule has 5 unspecified atom stereocenters. The molecule has 0 aromatic carbocycles. The number of rotatable bonds is 2. The van der Waals surface area contributed by atoms with Crippen molar-refractivity contribution < 1.29 is 9.84 Å². The number of ether oxygens (including phenoxy) is 1. The van der Waals surface area contributed by atoms with Crippen molar-refractivity contribution in [2.75, 3.05) is 19.7 Å². The molecular weight excluding hydrogens is 238 g/mol. The van der Waals surface area contributed by atoms with Crippen LogP contribution in [0.4, 0.5) is 0 Å². The van der Waals surface area contributed by atoms with Crippen LogP contribution in [-0.4, -0.2) is 48.0 Å². The predicted molar refractivity (Wildman–Crippen MR) is 76.0 cm³/mol. The van der Waals surface area contributed by atoms with Crippen molar-refractivity contribution in [1.29, 1.82) is 0 Å². The highest BCUT2D eigenvalue weighted by atomic mass is 16.5. The van der Waals surface area contributed by atoms with Gasteiger partial charge in [-0.05, 0) is 56.4 Å². The smallest absolute Gasteiger partial charge is 0.0963 e. The largest absolute Gasteiger partial charge is 0.390 e. The standard InChI is InChI=1S/C16H29NO2/c1-11-6-12(2)8-13(7-11)16(18)15-9-17-5-3-4-14(17)10-19-15/h11-16,18H,3-10H2,1-2H3. The quantitative estimate of drug-likeness (QED) is 0.833. The van der Waals surface area contributed by atoms with Crippen molar-refractivity contribution in [2.45, 2.75) is 64.2 Å². The highest BCUT2D eigenvalue weighted by Crippen LogP contribution is 2.37. The zero-order chi connectivity index (χ0) is 13.4. The Labute approximate surface area is 117 Å². The summed E-state index contributed by atoms with van der Waals surface area (Å²) in [6.45, 7) is 7.64. The second kappa shape index (κ2) is 5.71. The third-order valence-electron chi connectivity index (χ3n) is 5.50. The van der Waals surface area contributed by atoms with Crippen molar-refractivity contribution in [1.82, 2.24) is 4.90 Å². The molecule has 110 valence electrons. The van der Waals surface area contributed by atoms with Gasteiger partial charge in [-0.3, -0.25) is 4.90 Å². The summed E-state index contributed by atoms with van der Waals surface area (Å²) in [5.41, 5.74) is 0. The summed E-state index contributed by atoms with van der Waals surface area (Å²) in [6, 6.07) is 0.632. The number of nitrogens with zero attached hydrogens (tertiary/aromatic N) is 1. The van der Waals surface area contributed by atoms with E-state index >= 15 is 0 Å². The molecule has 3 rings (SSSR count). The lowest BCUT2D eigenvalue weighted by molar-refractivity contribution is -0.124. The average Bonchev–Trinajstić information content (AvgIpc) is 2.83. The lowest BCUT2D eigenvalue weighted by Crippen LogP contribution is -2.52. The Kier molecular flexibility index (Phi) is 4.16. The van der Waals surface area contributed by atoms with E-state index in [0.717, 1.165) is 25.0 Å². The van der Waals surface area contributed by atoms with Gasteiger partial charge in [-0.15, -0.1) is 0 Å². The van der Waals surface area contributed by atoms with Gasteiger partial charge < -0.3 is 9.84 Å². The van der Waals surface area contributed by atoms with Crippen molar-refractivity contribution in [2.24, 2.45) is 17.8 Å². The van der Waals surface area contributed by atoms with Crippen LogP contribution < -0.4 is 0 Å². The molecule has 1 aliphatic carbocycles. The molecule has 1 N–H and O–H groups in total. The first-order valence-corrected chi connectivity index (χ1v) is 8.17. The van der Waals surface area contributed by atoms with Gasteiger partial charge in [-0.2, -0.15) is 0 Å². The Morgan fingerprint density at radius 3 is 2.63 bits per heavy atom. The Balaban J connectivity index is 1.58. The molecule has 3 nitrogen and oxygen atoms in total. The molecule has 3 fully saturated rings. The molecule has 2 saturated heterocycles. The minimum absolute atomic E-state index is 0.0526. The molecule has 0 spiro atoms. The van der Waals surface area contributed by atoms with Crippen LogP contribution in [0.3, 0.4) is 0 Å². The third kappa shape index (κ3) is 2.98. The fraction of sp³-hybridized carbons (Fsp3) is 1.00. The van der Waals surface area contributed by atoms with Crippen LogP contribution in [0.15, 0.2) is 0 Å². The van der Waals surface area contributed by atoms with E-state index < -0.39 is 0 Å². The van der Waals surface area contributed by atoms with E-state index in [9.17, 15) is 5.11 Å². The minimum atomic E-state index is -0.258. The van der Waals surface area contributed by atoms with Gasteiger partial charge in [0.25, 0.3) is 0 Å². The second-order valence-corrected chi connectivity index (χ2v) is 7.33. The Morgan fingerprint density at radius 2 is 1.89 bits per heavy atom. The topological polar surface area (TPSA) is 32.7 Å². The highest BCUT2D eigenvalue weighted by molar-refractivity contribution is 4.91. The van der Waals surface area contributed by atoms with E-state index in [1.54, 1.807) is 0 Å². The first kappa shape index (κ1) is 13.8. The molecule has 1 saturated carbocycles. The summed E-state index contributed by atoms with van der Waals surface area (Å²) in [4.78, 5) is 2.53. The van der Waals surface area contributed by atoms with Crippen molar-refractivity contribution in [3.05, 3.63) is 0 Å². The zero-order valence-corrected chi connectivity index (χ0v) is 12.4. The van der Waals surface area contributed by atoms with Crippen molar-refractivity contribution >= 4 is 0 Å². The lowest BCUT2D eigenvalue weighted by atomic mass is 9.73. The maximum Gasteiger partial charge on any atom is 0.0963 e. The van der Waals surface area contributed by atoms with Gasteiger partial charge >= 0.3 is 0 Å². The molecule has 2 heterocycles. The molecule has 0 radical (unpaired) electrons. The molecule has 0 bridgehead atoms. The number of aliphatic hydroxyl groups excluding tert-OH is 1. The Morgan fingerprint density at radius 1 is 1.16 bits per heavy atom. The predicted octanol–water partition coefficient (Wildman–Crippen LogP) is 2.28. The van der Waals surface area contributed by atoms with Gasteiger partial charge in [-0.1, -0.05) is 13.8 Å². The van der Waals surface area contributed by atoms with Crippen LogP contribution in [0.25, 0.3) is 0 Å². The Hall–Kier alpha value is -0.120. The molecule has 3 aliphatic rings. The molecule has 0 amide bonds. The second-order valence-electron chi connectivity index (χ2n) is 7.33. The average molecular weight is 267 g/mol. The maximum atomic E-state index is 10.7. The molecule has 0 aromatic heterocycles. The van der Waals surface area contributed by atoms with Gasteiger partial charge in [0.05, 0.1) is 18.8 Å².